The van der Waals surface area contributed by atoms with Gasteiger partial charge in [-0.15, -0.1) is 0 Å². The Kier molecular flexibility index (Phi) is 74.1. The molecule has 1 N–H and O–H groups in total. The Morgan fingerprint density at radius 3 is 0.895 bits per heavy atom. The van der Waals surface area contributed by atoms with Crippen molar-refractivity contribution in [2.75, 3.05) is 47.5 Å². The van der Waals surface area contributed by atoms with E-state index in [1.807, 2.05) is 21.1 Å². The van der Waals surface area contributed by atoms with Crippen molar-refractivity contribution in [1.29, 1.82) is 0 Å². The van der Waals surface area contributed by atoms with Crippen molar-refractivity contribution in [3.05, 3.63) is 60.8 Å². The Morgan fingerprint density at radius 1 is 0.337 bits per heavy atom. The van der Waals surface area contributed by atoms with Crippen molar-refractivity contribution in [1.82, 2.24) is 0 Å². The molecule has 0 bridgehead atoms. The maximum atomic E-state index is 12.9. The molecule has 0 aromatic carbocycles. The summed E-state index contributed by atoms with van der Waals surface area (Å²) in [6.45, 7) is 4.40. The molecule has 2 unspecified atom stereocenters. The number of ether oxygens (including phenoxy) is 2. The molecule has 0 saturated heterocycles. The smallest absolute Gasteiger partial charge is 0.462 e. The molecule has 95 heavy (non-hydrogen) atoms. The standard InChI is InChI=1S/C85H160NO8P/c1-6-8-10-12-14-16-18-20-22-24-26-28-30-32-34-36-38-40-41-42-43-44-45-46-48-50-52-54-56-58-60-62-64-66-68-70-72-74-76-78-85(88)94-83(82-93-95(89,90)92-80-79-86(3,4)5)81-91-84(87)77-75-73-71-69-67-65-63-61-59-57-55-53-51-49-47-39-37-35-33-31-29-27-25-23-21-19-17-15-13-11-9-7-2/h8,10,14,16,20,22,26,28,32,34,83H,6-7,9,11-13,15,17-19,21,23-25,27,29-31,33,35-82H2,1-5H3/p+1/b10-8-,16-14-,22-20-,28-26-,34-32-. The highest BCUT2D eigenvalue weighted by molar-refractivity contribution is 7.47. The molecule has 0 aliphatic heterocycles. The summed E-state index contributed by atoms with van der Waals surface area (Å²) in [5.74, 6) is -0.771. The van der Waals surface area contributed by atoms with Gasteiger partial charge in [-0.2, -0.15) is 0 Å². The largest absolute Gasteiger partial charge is 0.472 e. The van der Waals surface area contributed by atoms with Crippen molar-refractivity contribution in [3.8, 4) is 0 Å². The average Bonchev–Trinajstić information content (AvgIpc) is 2.18. The summed E-state index contributed by atoms with van der Waals surface area (Å²) < 4.78 is 34.9. The van der Waals surface area contributed by atoms with Crippen LogP contribution >= 0.6 is 7.82 Å². The van der Waals surface area contributed by atoms with Gasteiger partial charge in [-0.25, -0.2) is 4.57 Å². The predicted molar refractivity (Wildman–Crippen MR) is 413 cm³/mol. The normalized spacial score (nSPS) is 13.3. The fourth-order valence-corrected chi connectivity index (χ4v) is 13.3. The number of quaternary nitrogens is 1. The lowest BCUT2D eigenvalue weighted by Gasteiger charge is -2.24. The monoisotopic (exact) mass is 1360 g/mol. The van der Waals surface area contributed by atoms with Gasteiger partial charge in [0.15, 0.2) is 6.10 Å². The molecule has 0 aromatic heterocycles. The third kappa shape index (κ3) is 80.6. The zero-order chi connectivity index (χ0) is 69.0. The van der Waals surface area contributed by atoms with E-state index >= 15 is 0 Å². The minimum atomic E-state index is -4.39. The molecule has 0 fully saturated rings. The molecule has 0 heterocycles. The summed E-state index contributed by atoms with van der Waals surface area (Å²) in [5.41, 5.74) is 0. The molecule has 0 amide bonds. The minimum Gasteiger partial charge on any atom is -0.462 e. The third-order valence-electron chi connectivity index (χ3n) is 18.8. The van der Waals surface area contributed by atoms with E-state index < -0.39 is 26.5 Å². The Morgan fingerprint density at radius 2 is 0.600 bits per heavy atom. The van der Waals surface area contributed by atoms with Gasteiger partial charge in [-0.1, -0.05) is 408 Å². The molecule has 0 aromatic rings. The molecule has 0 aliphatic rings. The van der Waals surface area contributed by atoms with E-state index in [0.29, 0.717) is 23.9 Å². The molecule has 0 spiro atoms. The molecule has 0 aliphatic carbocycles. The molecular weight excluding hydrogens is 1190 g/mol. The van der Waals surface area contributed by atoms with Crippen LogP contribution in [-0.2, 0) is 32.7 Å². The van der Waals surface area contributed by atoms with Crippen molar-refractivity contribution in [3.63, 3.8) is 0 Å². The van der Waals surface area contributed by atoms with Gasteiger partial charge in [0.2, 0.25) is 0 Å². The zero-order valence-corrected chi connectivity index (χ0v) is 64.8. The average molecular weight is 1360 g/mol. The van der Waals surface area contributed by atoms with Gasteiger partial charge < -0.3 is 18.9 Å². The zero-order valence-electron chi connectivity index (χ0n) is 63.9. The molecule has 0 radical (unpaired) electrons. The first-order valence-corrected chi connectivity index (χ1v) is 43.0. The number of carbonyl (C=O) groups is 2. The van der Waals surface area contributed by atoms with Crippen molar-refractivity contribution >= 4 is 19.8 Å². The Labute approximate surface area is 591 Å². The number of likely N-dealkylation sites (N-methyl/N-ethyl adjacent to an activating group) is 1. The van der Waals surface area contributed by atoms with Gasteiger partial charge in [0.1, 0.15) is 19.8 Å². The Hall–Kier alpha value is -2.29. The topological polar surface area (TPSA) is 108 Å². The van der Waals surface area contributed by atoms with Gasteiger partial charge in [-0.05, 0) is 57.8 Å². The maximum absolute atomic E-state index is 12.9. The molecule has 2 atom stereocenters. The number of esters is 2. The van der Waals surface area contributed by atoms with E-state index in [4.69, 9.17) is 18.5 Å². The molecule has 10 heteroatoms. The van der Waals surface area contributed by atoms with Crippen molar-refractivity contribution in [2.24, 2.45) is 0 Å². The van der Waals surface area contributed by atoms with Crippen LogP contribution in [0.25, 0.3) is 0 Å². The van der Waals surface area contributed by atoms with Crippen LogP contribution < -0.4 is 0 Å². The van der Waals surface area contributed by atoms with Crippen LogP contribution in [0.3, 0.4) is 0 Å². The number of nitrogens with zero attached hydrogens (tertiary/aromatic N) is 1. The number of carbonyl (C=O) groups excluding carboxylic acids is 2. The van der Waals surface area contributed by atoms with Gasteiger partial charge in [0.25, 0.3) is 0 Å². The summed E-state index contributed by atoms with van der Waals surface area (Å²) >= 11 is 0. The SMILES string of the molecule is CC/C=C\C/C=C\C/C=C\C/C=C\C/C=C\CCCCCCCCCCCCCCCCCCCCCCCCCC(=O)OC(COC(=O)CCCCCCCCCCCCCCCCCCCCCCCCCCCCCCCCCC)COP(=O)(O)OCC[N+](C)(C)C. The first-order valence-electron chi connectivity index (χ1n) is 41.5. The molecule has 9 nitrogen and oxygen atoms in total. The third-order valence-corrected chi connectivity index (χ3v) is 19.8. The van der Waals surface area contributed by atoms with Crippen LogP contribution in [0.2, 0.25) is 0 Å². The fourth-order valence-electron chi connectivity index (χ4n) is 12.5. The number of unbranched alkanes of at least 4 members (excludes halogenated alkanes) is 54. The second-order valence-electron chi connectivity index (χ2n) is 29.5. The van der Waals surface area contributed by atoms with Gasteiger partial charge >= 0.3 is 19.8 Å². The predicted octanol–water partition coefficient (Wildman–Crippen LogP) is 27.7. The van der Waals surface area contributed by atoms with E-state index in [1.165, 1.54) is 321 Å². The number of phosphoric acid groups is 1. The molecule has 0 saturated carbocycles. The van der Waals surface area contributed by atoms with E-state index in [1.54, 1.807) is 0 Å². The molecule has 558 valence electrons. The lowest BCUT2D eigenvalue weighted by atomic mass is 10.0. The summed E-state index contributed by atoms with van der Waals surface area (Å²) in [7, 11) is 1.50. The number of hydrogen-bond acceptors (Lipinski definition) is 7. The first kappa shape index (κ1) is 92.7. The van der Waals surface area contributed by atoms with Crippen LogP contribution in [0.15, 0.2) is 60.8 Å². The summed E-state index contributed by atoms with van der Waals surface area (Å²) in [4.78, 5) is 36.0. The maximum Gasteiger partial charge on any atom is 0.472 e. The van der Waals surface area contributed by atoms with Crippen LogP contribution in [0.4, 0.5) is 0 Å². The van der Waals surface area contributed by atoms with Crippen LogP contribution in [-0.4, -0.2) is 74.9 Å². The second kappa shape index (κ2) is 75.9. The Bertz CT molecular complexity index is 1790. The number of phosphoric ester groups is 1. The van der Waals surface area contributed by atoms with Crippen molar-refractivity contribution in [2.45, 2.75) is 424 Å². The van der Waals surface area contributed by atoms with Gasteiger partial charge in [0.05, 0.1) is 27.7 Å². The molecule has 0 rings (SSSR count). The quantitative estimate of drug-likeness (QED) is 0.0211. The molecular formula is C85H161NO8P+. The van der Waals surface area contributed by atoms with Crippen LogP contribution in [0.5, 0.6) is 0 Å². The number of hydrogen-bond donors (Lipinski definition) is 1. The lowest BCUT2D eigenvalue weighted by molar-refractivity contribution is -0.870. The van der Waals surface area contributed by atoms with E-state index in [9.17, 15) is 19.0 Å². The lowest BCUT2D eigenvalue weighted by Crippen LogP contribution is -2.37. The highest BCUT2D eigenvalue weighted by atomic mass is 31.2. The number of rotatable bonds is 78. The van der Waals surface area contributed by atoms with E-state index in [0.717, 1.165) is 64.2 Å². The van der Waals surface area contributed by atoms with Gasteiger partial charge in [-0.3, -0.25) is 18.6 Å². The summed E-state index contributed by atoms with van der Waals surface area (Å²) in [6.07, 6.45) is 102. The fraction of sp³-hybridized carbons (Fsp3) is 0.859. The van der Waals surface area contributed by atoms with Gasteiger partial charge in [0, 0.05) is 12.8 Å². The number of allylic oxidation sites excluding steroid dienone is 10. The first-order chi connectivity index (χ1) is 46.5. The van der Waals surface area contributed by atoms with E-state index in [-0.39, 0.29) is 25.6 Å². The van der Waals surface area contributed by atoms with Crippen LogP contribution in [0, 0.1) is 0 Å². The van der Waals surface area contributed by atoms with Crippen LogP contribution in [0.1, 0.15) is 418 Å². The Balaban J connectivity index is 3.89. The highest BCUT2D eigenvalue weighted by Crippen LogP contribution is 2.43. The minimum absolute atomic E-state index is 0.0348. The second-order valence-corrected chi connectivity index (χ2v) is 30.9. The van der Waals surface area contributed by atoms with E-state index in [2.05, 4.69) is 74.6 Å². The van der Waals surface area contributed by atoms with Crippen molar-refractivity contribution < 1.29 is 42.1 Å². The summed E-state index contributed by atoms with van der Waals surface area (Å²) in [5, 5.41) is 0. The summed E-state index contributed by atoms with van der Waals surface area (Å²) in [6, 6.07) is 0. The highest BCUT2D eigenvalue weighted by Gasteiger charge is 2.27.